The first kappa shape index (κ1) is 21.0. The molecule has 168 valence electrons. The Labute approximate surface area is 192 Å². The summed E-state index contributed by atoms with van der Waals surface area (Å²) in [5.41, 5.74) is 8.94. The third kappa shape index (κ3) is 5.15. The Hall–Kier alpha value is -3.84. The van der Waals surface area contributed by atoms with E-state index < -0.39 is 6.09 Å². The second-order valence-electron chi connectivity index (χ2n) is 8.29. The number of nitrogens with zero attached hydrogens (tertiary/aromatic N) is 2. The van der Waals surface area contributed by atoms with Crippen LogP contribution in [-0.4, -0.2) is 40.2 Å². The van der Waals surface area contributed by atoms with Crippen molar-refractivity contribution in [3.63, 3.8) is 0 Å². The quantitative estimate of drug-likeness (QED) is 0.450. The number of hydrogen-bond acceptors (Lipinski definition) is 5. The number of fused-ring (bicyclic) bond motifs is 1. The monoisotopic (exact) mass is 442 g/mol. The predicted molar refractivity (Wildman–Crippen MR) is 127 cm³/mol. The van der Waals surface area contributed by atoms with E-state index >= 15 is 0 Å². The fourth-order valence-electron chi connectivity index (χ4n) is 4.22. The van der Waals surface area contributed by atoms with Crippen molar-refractivity contribution in [2.45, 2.75) is 25.5 Å². The molecular weight excluding hydrogens is 416 g/mol. The van der Waals surface area contributed by atoms with Gasteiger partial charge in [-0.15, -0.1) is 0 Å². The van der Waals surface area contributed by atoms with E-state index in [1.807, 2.05) is 24.3 Å². The molecule has 1 saturated heterocycles. The number of carbonyl (C=O) groups is 1. The van der Waals surface area contributed by atoms with E-state index in [9.17, 15) is 4.79 Å². The number of carbonyl (C=O) groups excluding carboxylic acids is 1. The van der Waals surface area contributed by atoms with Crippen LogP contribution < -0.4 is 15.2 Å². The second-order valence-corrected chi connectivity index (χ2v) is 8.29. The van der Waals surface area contributed by atoms with Gasteiger partial charge in [0.1, 0.15) is 23.4 Å². The van der Waals surface area contributed by atoms with Gasteiger partial charge in [0.2, 0.25) is 0 Å². The average Bonchev–Trinajstić information content (AvgIpc) is 3.25. The van der Waals surface area contributed by atoms with Crippen LogP contribution in [0.5, 0.6) is 11.5 Å². The van der Waals surface area contributed by atoms with Gasteiger partial charge in [0.25, 0.3) is 0 Å². The van der Waals surface area contributed by atoms with Crippen molar-refractivity contribution in [1.29, 1.82) is 0 Å². The molecule has 0 unspecified atom stereocenters. The molecule has 0 atom stereocenters. The van der Waals surface area contributed by atoms with Crippen LogP contribution in [0.2, 0.25) is 0 Å². The molecular formula is C26H26N4O3. The number of H-pyrrole nitrogens is 1. The summed E-state index contributed by atoms with van der Waals surface area (Å²) < 4.78 is 11.2. The molecule has 7 heteroatoms. The van der Waals surface area contributed by atoms with Gasteiger partial charge >= 0.3 is 6.09 Å². The largest absolute Gasteiger partial charge is 0.490 e. The maximum Gasteiger partial charge on any atom is 0.409 e. The fraction of sp³-hybridized carbons (Fsp3) is 0.231. The average molecular weight is 443 g/mol. The Morgan fingerprint density at radius 2 is 1.73 bits per heavy atom. The van der Waals surface area contributed by atoms with Crippen LogP contribution in [0, 0.1) is 0 Å². The van der Waals surface area contributed by atoms with Crippen molar-refractivity contribution < 1.29 is 14.3 Å². The molecule has 1 aromatic heterocycles. The van der Waals surface area contributed by atoms with E-state index in [-0.39, 0.29) is 6.10 Å². The Morgan fingerprint density at radius 1 is 1.00 bits per heavy atom. The normalized spacial score (nSPS) is 14.9. The Balaban J connectivity index is 1.18. The number of imidazole rings is 1. The highest BCUT2D eigenvalue weighted by atomic mass is 16.5. The highest BCUT2D eigenvalue weighted by molar-refractivity contribution is 5.81. The molecule has 0 spiro atoms. The molecule has 1 aliphatic rings. The van der Waals surface area contributed by atoms with Crippen molar-refractivity contribution in [3.05, 3.63) is 78.4 Å². The van der Waals surface area contributed by atoms with Crippen LogP contribution in [0.1, 0.15) is 18.4 Å². The van der Waals surface area contributed by atoms with Crippen molar-refractivity contribution in [2.75, 3.05) is 13.1 Å². The maximum absolute atomic E-state index is 11.0. The molecule has 2 heterocycles. The number of hydrogen-bond donors (Lipinski definition) is 2. The number of primary amides is 1. The summed E-state index contributed by atoms with van der Waals surface area (Å²) in [5, 5.41) is 0. The number of benzene rings is 3. The molecule has 1 aliphatic heterocycles. The minimum absolute atomic E-state index is 0.234. The lowest BCUT2D eigenvalue weighted by molar-refractivity contribution is 0.0968. The van der Waals surface area contributed by atoms with Gasteiger partial charge in [0.05, 0.1) is 11.0 Å². The van der Waals surface area contributed by atoms with E-state index in [2.05, 4.69) is 45.2 Å². The zero-order valence-corrected chi connectivity index (χ0v) is 18.2. The van der Waals surface area contributed by atoms with Gasteiger partial charge in [0.15, 0.2) is 0 Å². The Kier molecular flexibility index (Phi) is 5.95. The molecule has 0 aliphatic carbocycles. The highest BCUT2D eigenvalue weighted by Gasteiger charge is 2.20. The fourth-order valence-corrected chi connectivity index (χ4v) is 4.22. The molecule has 0 bridgehead atoms. The number of likely N-dealkylation sites (tertiary alicyclic amines) is 1. The summed E-state index contributed by atoms with van der Waals surface area (Å²) in [5.74, 6) is 1.99. The molecule has 3 N–H and O–H groups in total. The summed E-state index contributed by atoms with van der Waals surface area (Å²) in [7, 11) is 0. The summed E-state index contributed by atoms with van der Waals surface area (Å²) in [4.78, 5) is 21.3. The summed E-state index contributed by atoms with van der Waals surface area (Å²) >= 11 is 0. The lowest BCUT2D eigenvalue weighted by atomic mass is 10.1. The topological polar surface area (TPSA) is 93.5 Å². The number of aromatic nitrogens is 2. The zero-order valence-electron chi connectivity index (χ0n) is 18.2. The van der Waals surface area contributed by atoms with Crippen molar-refractivity contribution in [2.24, 2.45) is 5.73 Å². The molecule has 5 rings (SSSR count). The van der Waals surface area contributed by atoms with Crippen LogP contribution in [-0.2, 0) is 6.54 Å². The predicted octanol–water partition coefficient (Wildman–Crippen LogP) is 4.73. The van der Waals surface area contributed by atoms with Crippen LogP contribution >= 0.6 is 0 Å². The highest BCUT2D eigenvalue weighted by Crippen LogP contribution is 2.26. The second kappa shape index (κ2) is 9.34. The van der Waals surface area contributed by atoms with Gasteiger partial charge in [-0.2, -0.15) is 0 Å². The number of amides is 1. The molecule has 0 radical (unpaired) electrons. The van der Waals surface area contributed by atoms with E-state index in [0.29, 0.717) is 5.75 Å². The van der Waals surface area contributed by atoms with Crippen molar-refractivity contribution in [3.8, 4) is 22.9 Å². The molecule has 1 fully saturated rings. The Bertz CT molecular complexity index is 1230. The summed E-state index contributed by atoms with van der Waals surface area (Å²) in [6.07, 6.45) is 1.44. The van der Waals surface area contributed by atoms with Crippen LogP contribution in [0.3, 0.4) is 0 Å². The van der Waals surface area contributed by atoms with Crippen molar-refractivity contribution in [1.82, 2.24) is 14.9 Å². The van der Waals surface area contributed by atoms with Crippen LogP contribution in [0.15, 0.2) is 72.8 Å². The van der Waals surface area contributed by atoms with Gasteiger partial charge in [-0.25, -0.2) is 9.78 Å². The zero-order chi connectivity index (χ0) is 22.6. The maximum atomic E-state index is 11.0. The van der Waals surface area contributed by atoms with E-state index in [1.54, 1.807) is 18.2 Å². The van der Waals surface area contributed by atoms with Gasteiger partial charge < -0.3 is 20.2 Å². The number of aromatic amines is 1. The van der Waals surface area contributed by atoms with Gasteiger partial charge in [-0.3, -0.25) is 4.90 Å². The van der Waals surface area contributed by atoms with E-state index in [0.717, 1.165) is 60.6 Å². The number of nitrogens with one attached hydrogen (secondary N) is 1. The number of ether oxygens (including phenoxy) is 2. The SMILES string of the molecule is NC(=O)Oc1ccc2nc(-c3ccc(OC4CCN(Cc5ccccc5)CC4)cc3)[nH]c2c1. The lowest BCUT2D eigenvalue weighted by Gasteiger charge is -2.32. The molecule has 4 aromatic rings. The number of nitrogens with two attached hydrogens (primary N) is 1. The lowest BCUT2D eigenvalue weighted by Crippen LogP contribution is -2.37. The third-order valence-electron chi connectivity index (χ3n) is 5.89. The van der Waals surface area contributed by atoms with Gasteiger partial charge in [-0.1, -0.05) is 30.3 Å². The summed E-state index contributed by atoms with van der Waals surface area (Å²) in [6.45, 7) is 3.08. The molecule has 3 aromatic carbocycles. The molecule has 7 nitrogen and oxygen atoms in total. The number of piperidine rings is 1. The minimum atomic E-state index is -0.841. The Morgan fingerprint density at radius 3 is 2.45 bits per heavy atom. The van der Waals surface area contributed by atoms with Gasteiger partial charge in [0, 0.05) is 31.3 Å². The van der Waals surface area contributed by atoms with Gasteiger partial charge in [-0.05, 0) is 54.8 Å². The number of rotatable bonds is 6. The molecule has 33 heavy (non-hydrogen) atoms. The van der Waals surface area contributed by atoms with E-state index in [4.69, 9.17) is 15.2 Å². The standard InChI is InChI=1S/C26H26N4O3/c27-26(31)33-22-10-11-23-24(16-22)29-25(28-23)19-6-8-20(9-7-19)32-21-12-14-30(15-13-21)17-18-4-2-1-3-5-18/h1-11,16,21H,12-15,17H2,(H2,27,31)(H,28,29). The van der Waals surface area contributed by atoms with Crippen molar-refractivity contribution >= 4 is 17.1 Å². The summed E-state index contributed by atoms with van der Waals surface area (Å²) in [6, 6.07) is 23.7. The van der Waals surface area contributed by atoms with Crippen LogP contribution in [0.25, 0.3) is 22.4 Å². The van der Waals surface area contributed by atoms with Crippen LogP contribution in [0.4, 0.5) is 4.79 Å². The first-order chi connectivity index (χ1) is 16.1. The minimum Gasteiger partial charge on any atom is -0.490 e. The molecule has 1 amide bonds. The molecule has 0 saturated carbocycles. The van der Waals surface area contributed by atoms with E-state index in [1.165, 1.54) is 5.56 Å². The third-order valence-corrected chi connectivity index (χ3v) is 5.89. The smallest absolute Gasteiger partial charge is 0.409 e. The first-order valence-electron chi connectivity index (χ1n) is 11.1. The first-order valence-corrected chi connectivity index (χ1v) is 11.1.